The predicted molar refractivity (Wildman–Crippen MR) is 121 cm³/mol. The van der Waals surface area contributed by atoms with Gasteiger partial charge < -0.3 is 25.0 Å². The largest absolute Gasteiger partial charge is 0.463 e. The standard InChI is InChI=1S/C22H30N4O5S/c1-4-30-20(27)18-17(14-25-10-12-26(13-11-25)22(29)31-5-2)23-21(28)24-19(18)15-6-8-16(32-3)9-7-15/h6-9,19H,4-5,10-14H2,1-3H3,(H2,23,24,28)/t19-/m0/s1. The first kappa shape index (κ1) is 23.9. The Balaban J connectivity index is 1.83. The molecule has 32 heavy (non-hydrogen) atoms. The van der Waals surface area contributed by atoms with Crippen molar-refractivity contribution in [3.63, 3.8) is 0 Å². The summed E-state index contributed by atoms with van der Waals surface area (Å²) in [6.45, 7) is 6.74. The van der Waals surface area contributed by atoms with E-state index in [1.807, 2.05) is 30.5 Å². The Kier molecular flexibility index (Phi) is 8.40. The molecule has 2 heterocycles. The Morgan fingerprint density at radius 1 is 1.06 bits per heavy atom. The molecular weight excluding hydrogens is 432 g/mol. The lowest BCUT2D eigenvalue weighted by molar-refractivity contribution is -0.139. The third-order valence-corrected chi connectivity index (χ3v) is 6.12. The lowest BCUT2D eigenvalue weighted by Gasteiger charge is -2.36. The Labute approximate surface area is 192 Å². The van der Waals surface area contributed by atoms with Crippen molar-refractivity contribution in [2.24, 2.45) is 0 Å². The maximum atomic E-state index is 12.9. The molecule has 3 rings (SSSR count). The van der Waals surface area contributed by atoms with Gasteiger partial charge in [0.05, 0.1) is 24.8 Å². The van der Waals surface area contributed by atoms with Crippen LogP contribution in [0.15, 0.2) is 40.4 Å². The van der Waals surface area contributed by atoms with E-state index in [9.17, 15) is 14.4 Å². The van der Waals surface area contributed by atoms with E-state index in [-0.39, 0.29) is 18.7 Å². The van der Waals surface area contributed by atoms with Crippen molar-refractivity contribution in [3.8, 4) is 0 Å². The second-order valence-electron chi connectivity index (χ2n) is 7.38. The molecule has 0 aliphatic carbocycles. The third-order valence-electron chi connectivity index (χ3n) is 5.38. The minimum atomic E-state index is -0.602. The number of thioether (sulfide) groups is 1. The molecule has 0 aromatic heterocycles. The maximum absolute atomic E-state index is 12.9. The summed E-state index contributed by atoms with van der Waals surface area (Å²) in [4.78, 5) is 42.2. The Morgan fingerprint density at radius 3 is 2.31 bits per heavy atom. The van der Waals surface area contributed by atoms with Crippen LogP contribution >= 0.6 is 11.8 Å². The molecular formula is C22H30N4O5S. The summed E-state index contributed by atoms with van der Waals surface area (Å²) in [5, 5.41) is 5.67. The number of rotatable bonds is 7. The zero-order valence-corrected chi connectivity index (χ0v) is 19.5. The lowest BCUT2D eigenvalue weighted by atomic mass is 9.95. The monoisotopic (exact) mass is 462 g/mol. The number of ether oxygens (including phenoxy) is 2. The van der Waals surface area contributed by atoms with Gasteiger partial charge in [-0.15, -0.1) is 11.8 Å². The maximum Gasteiger partial charge on any atom is 0.409 e. The number of esters is 1. The number of amides is 3. The molecule has 1 aromatic rings. The summed E-state index contributed by atoms with van der Waals surface area (Å²) in [5.41, 5.74) is 1.73. The number of urea groups is 1. The highest BCUT2D eigenvalue weighted by Crippen LogP contribution is 2.29. The molecule has 0 unspecified atom stereocenters. The molecule has 0 bridgehead atoms. The minimum Gasteiger partial charge on any atom is -0.463 e. The number of nitrogens with zero attached hydrogens (tertiary/aromatic N) is 2. The van der Waals surface area contributed by atoms with Gasteiger partial charge in [-0.25, -0.2) is 14.4 Å². The highest BCUT2D eigenvalue weighted by atomic mass is 32.2. The van der Waals surface area contributed by atoms with Crippen LogP contribution in [0.4, 0.5) is 9.59 Å². The SMILES string of the molecule is CCOC(=O)C1=C(CN2CCN(C(=O)OCC)CC2)NC(=O)N[C@H]1c1ccc(SC)cc1. The molecule has 10 heteroatoms. The average Bonchev–Trinajstić information content (AvgIpc) is 2.79. The van der Waals surface area contributed by atoms with E-state index in [1.165, 1.54) is 0 Å². The molecule has 2 aliphatic heterocycles. The van der Waals surface area contributed by atoms with Crippen molar-refractivity contribution >= 4 is 29.9 Å². The van der Waals surface area contributed by atoms with Crippen molar-refractivity contribution in [1.29, 1.82) is 0 Å². The highest BCUT2D eigenvalue weighted by molar-refractivity contribution is 7.98. The molecule has 9 nitrogen and oxygen atoms in total. The molecule has 3 amide bonds. The fourth-order valence-electron chi connectivity index (χ4n) is 3.77. The third kappa shape index (κ3) is 5.74. The zero-order chi connectivity index (χ0) is 23.1. The summed E-state index contributed by atoms with van der Waals surface area (Å²) in [6.07, 6.45) is 1.67. The first-order valence-electron chi connectivity index (χ1n) is 10.7. The second-order valence-corrected chi connectivity index (χ2v) is 8.26. The average molecular weight is 463 g/mol. The molecule has 1 aromatic carbocycles. The molecule has 0 saturated carbocycles. The summed E-state index contributed by atoms with van der Waals surface area (Å²) in [6, 6.07) is 6.79. The van der Waals surface area contributed by atoms with Crippen molar-refractivity contribution < 1.29 is 23.9 Å². The van der Waals surface area contributed by atoms with Gasteiger partial charge >= 0.3 is 18.1 Å². The predicted octanol–water partition coefficient (Wildman–Crippen LogP) is 2.35. The van der Waals surface area contributed by atoms with E-state index in [0.29, 0.717) is 50.6 Å². The number of carbonyl (C=O) groups excluding carboxylic acids is 3. The van der Waals surface area contributed by atoms with Crippen LogP contribution in [0.3, 0.4) is 0 Å². The quantitative estimate of drug-likeness (QED) is 0.474. The Morgan fingerprint density at radius 2 is 1.72 bits per heavy atom. The number of piperazine rings is 1. The van der Waals surface area contributed by atoms with Crippen molar-refractivity contribution in [2.45, 2.75) is 24.8 Å². The summed E-state index contributed by atoms with van der Waals surface area (Å²) < 4.78 is 10.4. The van der Waals surface area contributed by atoms with Crippen LogP contribution in [-0.2, 0) is 14.3 Å². The van der Waals surface area contributed by atoms with Crippen LogP contribution in [0.1, 0.15) is 25.5 Å². The molecule has 0 spiro atoms. The molecule has 2 N–H and O–H groups in total. The van der Waals surface area contributed by atoms with Crippen molar-refractivity contribution in [1.82, 2.24) is 20.4 Å². The van der Waals surface area contributed by atoms with E-state index in [2.05, 4.69) is 15.5 Å². The molecule has 174 valence electrons. The van der Waals surface area contributed by atoms with Crippen LogP contribution in [0.2, 0.25) is 0 Å². The van der Waals surface area contributed by atoms with Crippen LogP contribution < -0.4 is 10.6 Å². The van der Waals surface area contributed by atoms with Crippen LogP contribution in [-0.4, -0.2) is 80.1 Å². The fraction of sp³-hybridized carbons (Fsp3) is 0.500. The smallest absolute Gasteiger partial charge is 0.409 e. The van der Waals surface area contributed by atoms with Gasteiger partial charge in [0.15, 0.2) is 0 Å². The molecule has 0 radical (unpaired) electrons. The topological polar surface area (TPSA) is 100 Å². The van der Waals surface area contributed by atoms with Gasteiger partial charge in [-0.3, -0.25) is 4.90 Å². The summed E-state index contributed by atoms with van der Waals surface area (Å²) in [7, 11) is 0. The summed E-state index contributed by atoms with van der Waals surface area (Å²) in [5.74, 6) is -0.459. The Hall–Kier alpha value is -2.72. The van der Waals surface area contributed by atoms with Gasteiger partial charge in [0.1, 0.15) is 0 Å². The second kappa shape index (κ2) is 11.2. The first-order chi connectivity index (χ1) is 15.5. The van der Waals surface area contributed by atoms with Gasteiger partial charge in [0.25, 0.3) is 0 Å². The van der Waals surface area contributed by atoms with Gasteiger partial charge in [-0.05, 0) is 37.8 Å². The number of carbonyl (C=O) groups is 3. The zero-order valence-electron chi connectivity index (χ0n) is 18.7. The van der Waals surface area contributed by atoms with Crippen molar-refractivity contribution in [2.75, 3.05) is 52.2 Å². The van der Waals surface area contributed by atoms with Crippen LogP contribution in [0, 0.1) is 0 Å². The molecule has 1 fully saturated rings. The van der Waals surface area contributed by atoms with Crippen LogP contribution in [0.25, 0.3) is 0 Å². The highest BCUT2D eigenvalue weighted by Gasteiger charge is 2.35. The number of benzene rings is 1. The Bertz CT molecular complexity index is 866. The van der Waals surface area contributed by atoms with Gasteiger partial charge in [-0.1, -0.05) is 12.1 Å². The van der Waals surface area contributed by atoms with Gasteiger partial charge in [0, 0.05) is 43.3 Å². The number of hydrogen-bond donors (Lipinski definition) is 2. The molecule has 1 saturated heterocycles. The first-order valence-corrected chi connectivity index (χ1v) is 11.9. The normalized spacial score (nSPS) is 19.3. The van der Waals surface area contributed by atoms with E-state index in [1.54, 1.807) is 30.5 Å². The van der Waals surface area contributed by atoms with E-state index in [0.717, 1.165) is 10.5 Å². The molecule has 1 atom stereocenters. The number of nitrogens with one attached hydrogen (secondary N) is 2. The number of hydrogen-bond acceptors (Lipinski definition) is 7. The van der Waals surface area contributed by atoms with E-state index >= 15 is 0 Å². The van der Waals surface area contributed by atoms with Gasteiger partial charge in [-0.2, -0.15) is 0 Å². The lowest BCUT2D eigenvalue weighted by Crippen LogP contribution is -2.52. The van der Waals surface area contributed by atoms with Crippen LogP contribution in [0.5, 0.6) is 0 Å². The van der Waals surface area contributed by atoms with Gasteiger partial charge in [0.2, 0.25) is 0 Å². The van der Waals surface area contributed by atoms with E-state index < -0.39 is 12.0 Å². The minimum absolute atomic E-state index is 0.236. The summed E-state index contributed by atoms with van der Waals surface area (Å²) >= 11 is 1.62. The fourth-order valence-corrected chi connectivity index (χ4v) is 4.17. The molecule has 2 aliphatic rings. The van der Waals surface area contributed by atoms with E-state index in [4.69, 9.17) is 9.47 Å². The van der Waals surface area contributed by atoms with Crippen molar-refractivity contribution in [3.05, 3.63) is 41.1 Å².